The first-order chi connectivity index (χ1) is 9.51. The first kappa shape index (κ1) is 15.5. The predicted molar refractivity (Wildman–Crippen MR) is 70.8 cm³/mol. The van der Waals surface area contributed by atoms with Gasteiger partial charge in [-0.3, -0.25) is 14.9 Å². The van der Waals surface area contributed by atoms with Crippen LogP contribution in [0.4, 0.5) is 5.69 Å². The summed E-state index contributed by atoms with van der Waals surface area (Å²) in [4.78, 5) is 22.5. The van der Waals surface area contributed by atoms with Crippen LogP contribution in [0.25, 0.3) is 0 Å². The number of nitrogens with zero attached hydrogens (tertiary/aromatic N) is 1. The van der Waals surface area contributed by atoms with Crippen molar-refractivity contribution < 1.29 is 23.9 Å². The number of benzene rings is 1. The number of nitrogens with one attached hydrogen (secondary N) is 1. The Labute approximate surface area is 115 Å². The zero-order chi connectivity index (χ0) is 15.3. The lowest BCUT2D eigenvalue weighted by atomic mass is 10.1. The Bertz CT molecular complexity index is 529. The highest BCUT2D eigenvalue weighted by molar-refractivity contribution is 6.00. The summed E-state index contributed by atoms with van der Waals surface area (Å²) in [7, 11) is 3.95. The zero-order valence-corrected chi connectivity index (χ0v) is 11.7. The van der Waals surface area contributed by atoms with Gasteiger partial charge in [0.05, 0.1) is 26.3 Å². The highest BCUT2D eigenvalue weighted by Gasteiger charge is 2.32. The highest BCUT2D eigenvalue weighted by Crippen LogP contribution is 2.46. The molecule has 0 heterocycles. The number of carbonyl (C=O) groups is 1. The van der Waals surface area contributed by atoms with Gasteiger partial charge in [-0.15, -0.1) is 0 Å². The average molecular weight is 284 g/mol. The molecule has 8 nitrogen and oxygen atoms in total. The lowest BCUT2D eigenvalue weighted by Crippen LogP contribution is -2.24. The third-order valence-electron chi connectivity index (χ3n) is 2.57. The van der Waals surface area contributed by atoms with Crippen molar-refractivity contribution in [3.8, 4) is 17.2 Å². The maximum absolute atomic E-state index is 11.9. The van der Waals surface area contributed by atoms with Gasteiger partial charge in [0.1, 0.15) is 5.56 Å². The minimum Gasteiger partial charge on any atom is -0.493 e. The van der Waals surface area contributed by atoms with Gasteiger partial charge in [0.25, 0.3) is 5.91 Å². The number of amides is 1. The van der Waals surface area contributed by atoms with E-state index in [1.165, 1.54) is 27.4 Å². The van der Waals surface area contributed by atoms with Crippen molar-refractivity contribution in [2.75, 3.05) is 27.9 Å². The number of hydrogen-bond acceptors (Lipinski definition) is 6. The van der Waals surface area contributed by atoms with E-state index >= 15 is 0 Å². The van der Waals surface area contributed by atoms with Crippen molar-refractivity contribution in [3.63, 3.8) is 0 Å². The normalized spacial score (nSPS) is 9.80. The number of nitro benzene ring substituents is 1. The molecular formula is C12H16N2O6. The van der Waals surface area contributed by atoms with Crippen LogP contribution in [0.15, 0.2) is 6.07 Å². The Morgan fingerprint density at radius 3 is 2.25 bits per heavy atom. The molecule has 0 spiro atoms. The monoisotopic (exact) mass is 284 g/mol. The SMILES string of the molecule is CCNC(=O)c1cc(OC)c(OC)c(OC)c1[N+](=O)[O-]. The molecule has 0 unspecified atom stereocenters. The van der Waals surface area contributed by atoms with E-state index < -0.39 is 16.5 Å². The predicted octanol–water partition coefficient (Wildman–Crippen LogP) is 1.37. The summed E-state index contributed by atoms with van der Waals surface area (Å²) in [6.07, 6.45) is 0. The van der Waals surface area contributed by atoms with E-state index in [1.807, 2.05) is 0 Å². The fourth-order valence-corrected chi connectivity index (χ4v) is 1.75. The molecule has 0 aliphatic rings. The molecule has 0 bridgehead atoms. The van der Waals surface area contributed by atoms with Crippen LogP contribution in [-0.4, -0.2) is 38.7 Å². The summed E-state index contributed by atoms with van der Waals surface area (Å²) >= 11 is 0. The van der Waals surface area contributed by atoms with Crippen molar-refractivity contribution in [2.24, 2.45) is 0 Å². The molecular weight excluding hydrogens is 268 g/mol. The van der Waals surface area contributed by atoms with Crippen LogP contribution < -0.4 is 19.5 Å². The van der Waals surface area contributed by atoms with Crippen LogP contribution in [0.3, 0.4) is 0 Å². The van der Waals surface area contributed by atoms with Crippen LogP contribution in [0.2, 0.25) is 0 Å². The van der Waals surface area contributed by atoms with Gasteiger partial charge in [0, 0.05) is 12.6 Å². The highest BCUT2D eigenvalue weighted by atomic mass is 16.6. The second kappa shape index (κ2) is 6.60. The lowest BCUT2D eigenvalue weighted by Gasteiger charge is -2.14. The number of carbonyl (C=O) groups excluding carboxylic acids is 1. The molecule has 0 radical (unpaired) electrons. The summed E-state index contributed by atoms with van der Waals surface area (Å²) < 4.78 is 15.1. The maximum atomic E-state index is 11.9. The van der Waals surface area contributed by atoms with Gasteiger partial charge in [-0.05, 0) is 6.92 Å². The molecule has 1 rings (SSSR count). The van der Waals surface area contributed by atoms with Crippen molar-refractivity contribution in [2.45, 2.75) is 6.92 Å². The third-order valence-corrected chi connectivity index (χ3v) is 2.57. The second-order valence-corrected chi connectivity index (χ2v) is 3.66. The molecule has 8 heteroatoms. The maximum Gasteiger partial charge on any atom is 0.327 e. The van der Waals surface area contributed by atoms with Crippen LogP contribution in [0.1, 0.15) is 17.3 Å². The largest absolute Gasteiger partial charge is 0.493 e. The summed E-state index contributed by atoms with van der Waals surface area (Å²) in [5.41, 5.74) is -0.609. The van der Waals surface area contributed by atoms with Crippen LogP contribution >= 0.6 is 0 Å². The van der Waals surface area contributed by atoms with E-state index in [4.69, 9.17) is 14.2 Å². The molecule has 20 heavy (non-hydrogen) atoms. The van der Waals surface area contributed by atoms with Gasteiger partial charge in [0.15, 0.2) is 5.75 Å². The molecule has 1 amide bonds. The number of nitro groups is 1. The van der Waals surface area contributed by atoms with E-state index in [0.29, 0.717) is 6.54 Å². The summed E-state index contributed by atoms with van der Waals surface area (Å²) in [5, 5.41) is 13.7. The van der Waals surface area contributed by atoms with E-state index in [1.54, 1.807) is 6.92 Å². The van der Waals surface area contributed by atoms with Crippen LogP contribution in [0.5, 0.6) is 17.2 Å². The minimum absolute atomic E-state index is 0.0646. The smallest absolute Gasteiger partial charge is 0.327 e. The number of methoxy groups -OCH3 is 3. The standard InChI is InChI=1S/C12H16N2O6/c1-5-13-12(15)7-6-8(18-2)10(19-3)11(20-4)9(7)14(16)17/h6H,5H2,1-4H3,(H,13,15). The van der Waals surface area contributed by atoms with Crippen molar-refractivity contribution in [1.82, 2.24) is 5.32 Å². The van der Waals surface area contributed by atoms with E-state index in [2.05, 4.69) is 5.32 Å². The Morgan fingerprint density at radius 1 is 1.25 bits per heavy atom. The van der Waals surface area contributed by atoms with E-state index in [-0.39, 0.29) is 22.8 Å². The molecule has 0 aromatic heterocycles. The fourth-order valence-electron chi connectivity index (χ4n) is 1.75. The van der Waals surface area contributed by atoms with Gasteiger partial charge >= 0.3 is 5.69 Å². The Hall–Kier alpha value is -2.51. The number of ether oxygens (including phenoxy) is 3. The minimum atomic E-state index is -0.689. The Kier molecular flexibility index (Phi) is 5.13. The Balaban J connectivity index is 3.65. The number of rotatable bonds is 6. The van der Waals surface area contributed by atoms with Gasteiger partial charge in [-0.1, -0.05) is 0 Å². The molecule has 0 saturated heterocycles. The molecule has 1 aromatic carbocycles. The summed E-state index contributed by atoms with van der Waals surface area (Å²) in [6.45, 7) is 2.05. The van der Waals surface area contributed by atoms with E-state index in [0.717, 1.165) is 0 Å². The van der Waals surface area contributed by atoms with Gasteiger partial charge in [0.2, 0.25) is 11.5 Å². The molecule has 0 saturated carbocycles. The molecule has 0 aliphatic carbocycles. The second-order valence-electron chi connectivity index (χ2n) is 3.66. The molecule has 1 N–H and O–H groups in total. The van der Waals surface area contributed by atoms with Gasteiger partial charge < -0.3 is 19.5 Å². The summed E-state index contributed by atoms with van der Waals surface area (Å²) in [5.74, 6) is -0.498. The van der Waals surface area contributed by atoms with Gasteiger partial charge in [-0.2, -0.15) is 0 Å². The van der Waals surface area contributed by atoms with E-state index in [9.17, 15) is 14.9 Å². The summed E-state index contributed by atoms with van der Waals surface area (Å²) in [6, 6.07) is 1.25. The topological polar surface area (TPSA) is 99.9 Å². The first-order valence-corrected chi connectivity index (χ1v) is 5.77. The average Bonchev–Trinajstić information content (AvgIpc) is 2.44. The molecule has 0 atom stereocenters. The first-order valence-electron chi connectivity index (χ1n) is 5.77. The molecule has 1 aromatic rings. The fraction of sp³-hybridized carbons (Fsp3) is 0.417. The third kappa shape index (κ3) is 2.73. The van der Waals surface area contributed by atoms with Gasteiger partial charge in [-0.25, -0.2) is 0 Å². The molecule has 110 valence electrons. The van der Waals surface area contributed by atoms with Crippen LogP contribution in [-0.2, 0) is 0 Å². The quantitative estimate of drug-likeness (QED) is 0.625. The number of hydrogen-bond donors (Lipinski definition) is 1. The van der Waals surface area contributed by atoms with Crippen molar-refractivity contribution in [1.29, 1.82) is 0 Å². The van der Waals surface area contributed by atoms with Crippen molar-refractivity contribution in [3.05, 3.63) is 21.7 Å². The molecule has 0 fully saturated rings. The molecule has 0 aliphatic heterocycles. The van der Waals surface area contributed by atoms with Crippen LogP contribution in [0, 0.1) is 10.1 Å². The Morgan fingerprint density at radius 2 is 1.85 bits per heavy atom. The van der Waals surface area contributed by atoms with Crippen molar-refractivity contribution >= 4 is 11.6 Å². The lowest BCUT2D eigenvalue weighted by molar-refractivity contribution is -0.386. The zero-order valence-electron chi connectivity index (χ0n) is 11.7.